The second-order valence-corrected chi connectivity index (χ2v) is 9.60. The molecule has 7 nitrogen and oxygen atoms in total. The van der Waals surface area contributed by atoms with Crippen molar-refractivity contribution in [3.05, 3.63) is 17.0 Å². The fraction of sp³-hybridized carbons (Fsp3) is 0.773. The van der Waals surface area contributed by atoms with Gasteiger partial charge in [0, 0.05) is 49.4 Å². The van der Waals surface area contributed by atoms with Crippen LogP contribution in [-0.4, -0.2) is 58.3 Å². The molecule has 2 N–H and O–H groups in total. The summed E-state index contributed by atoms with van der Waals surface area (Å²) in [4.78, 5) is 27.2. The number of hydrogen-bond donors (Lipinski definition) is 2. The molecule has 4 heterocycles. The van der Waals surface area contributed by atoms with Crippen LogP contribution in [0.25, 0.3) is 0 Å². The molecule has 4 fully saturated rings. The third-order valence-electron chi connectivity index (χ3n) is 8.05. The number of carbonyl (C=O) groups is 2. The average molecular weight is 401 g/mol. The van der Waals surface area contributed by atoms with Gasteiger partial charge in [0.15, 0.2) is 0 Å². The highest BCUT2D eigenvalue weighted by atomic mass is 16.5. The van der Waals surface area contributed by atoms with E-state index in [1.807, 2.05) is 18.7 Å². The first kappa shape index (κ1) is 19.1. The van der Waals surface area contributed by atoms with E-state index in [2.05, 4.69) is 15.5 Å². The maximum absolute atomic E-state index is 12.9. The summed E-state index contributed by atoms with van der Waals surface area (Å²) in [7, 11) is 0. The molecule has 0 radical (unpaired) electrons. The predicted molar refractivity (Wildman–Crippen MR) is 107 cm³/mol. The third kappa shape index (κ3) is 3.18. The molecule has 1 aromatic rings. The molecule has 3 saturated heterocycles. The number of rotatable bonds is 6. The highest BCUT2D eigenvalue weighted by molar-refractivity contribution is 5.79. The third-order valence-corrected chi connectivity index (χ3v) is 8.05. The quantitative estimate of drug-likeness (QED) is 0.763. The highest BCUT2D eigenvalue weighted by Crippen LogP contribution is 2.54. The highest BCUT2D eigenvalue weighted by Gasteiger charge is 2.63. The van der Waals surface area contributed by atoms with Crippen molar-refractivity contribution in [2.45, 2.75) is 70.5 Å². The smallest absolute Gasteiger partial charge is 0.223 e. The molecule has 1 aromatic heterocycles. The Bertz CT molecular complexity index is 817. The molecule has 1 saturated carbocycles. The summed E-state index contributed by atoms with van der Waals surface area (Å²) in [6, 6.07) is 0. The van der Waals surface area contributed by atoms with Crippen LogP contribution in [0.1, 0.15) is 55.5 Å². The van der Waals surface area contributed by atoms with E-state index in [4.69, 9.17) is 4.74 Å². The maximum Gasteiger partial charge on any atom is 0.223 e. The molecule has 0 unspecified atom stereocenters. The van der Waals surface area contributed by atoms with Crippen LogP contribution >= 0.6 is 0 Å². The van der Waals surface area contributed by atoms with Crippen LogP contribution in [-0.2, 0) is 20.7 Å². The molecule has 2 amide bonds. The first-order chi connectivity index (χ1) is 14.0. The standard InChI is InChI=1S/C22H32N4O3/c1-13-14(2)24-25-18(13)6-7-20(27)26-11-17-16(10-23-21(28)15-4-3-5-15)19-8-9-22(17,12-26)29-19/h15-17,19H,3-12H2,1-2H3,(H,23,28)(H,24,25)/t16-,17+,19+,22+/m0/s1. The van der Waals surface area contributed by atoms with Crippen molar-refractivity contribution in [1.29, 1.82) is 0 Å². The van der Waals surface area contributed by atoms with Crippen molar-refractivity contribution in [2.24, 2.45) is 17.8 Å². The Morgan fingerprint density at radius 2 is 2.14 bits per heavy atom. The summed E-state index contributed by atoms with van der Waals surface area (Å²) >= 11 is 0. The van der Waals surface area contributed by atoms with E-state index >= 15 is 0 Å². The van der Waals surface area contributed by atoms with Crippen molar-refractivity contribution in [1.82, 2.24) is 20.4 Å². The first-order valence-corrected chi connectivity index (χ1v) is 11.2. The monoisotopic (exact) mass is 400 g/mol. The second-order valence-electron chi connectivity index (χ2n) is 9.60. The van der Waals surface area contributed by atoms with E-state index < -0.39 is 0 Å². The lowest BCUT2D eigenvalue weighted by Crippen LogP contribution is -2.44. The molecular formula is C22H32N4O3. The summed E-state index contributed by atoms with van der Waals surface area (Å²) < 4.78 is 6.43. The number of aromatic amines is 1. The van der Waals surface area contributed by atoms with Gasteiger partial charge in [0.25, 0.3) is 0 Å². The lowest BCUT2D eigenvalue weighted by atomic mass is 9.73. The molecule has 0 aromatic carbocycles. The first-order valence-electron chi connectivity index (χ1n) is 11.2. The number of amides is 2. The molecule has 29 heavy (non-hydrogen) atoms. The van der Waals surface area contributed by atoms with Crippen LogP contribution < -0.4 is 5.32 Å². The van der Waals surface area contributed by atoms with E-state index in [1.165, 1.54) is 6.42 Å². The lowest BCUT2D eigenvalue weighted by molar-refractivity contribution is -0.132. The number of aryl methyl sites for hydroxylation is 2. The molecule has 158 valence electrons. The minimum absolute atomic E-state index is 0.176. The van der Waals surface area contributed by atoms with Crippen molar-refractivity contribution < 1.29 is 14.3 Å². The van der Waals surface area contributed by atoms with Gasteiger partial charge in [-0.2, -0.15) is 5.10 Å². The van der Waals surface area contributed by atoms with Crippen molar-refractivity contribution in [3.63, 3.8) is 0 Å². The molecule has 1 aliphatic carbocycles. The minimum atomic E-state index is -0.176. The zero-order valence-electron chi connectivity index (χ0n) is 17.5. The normalized spacial score (nSPS) is 33.0. The number of nitrogens with one attached hydrogen (secondary N) is 2. The van der Waals surface area contributed by atoms with Crippen molar-refractivity contribution in [3.8, 4) is 0 Å². The van der Waals surface area contributed by atoms with Crippen LogP contribution in [0.4, 0.5) is 0 Å². The average Bonchev–Trinajstić information content (AvgIpc) is 3.38. The molecule has 5 rings (SSSR count). The maximum atomic E-state index is 12.9. The summed E-state index contributed by atoms with van der Waals surface area (Å²) in [5.41, 5.74) is 3.03. The molecule has 7 heteroatoms. The number of carbonyl (C=O) groups excluding carboxylic acids is 2. The fourth-order valence-electron chi connectivity index (χ4n) is 5.85. The van der Waals surface area contributed by atoms with Gasteiger partial charge in [0.2, 0.25) is 11.8 Å². The number of aromatic nitrogens is 2. The van der Waals surface area contributed by atoms with Gasteiger partial charge >= 0.3 is 0 Å². The number of likely N-dealkylation sites (tertiary alicyclic amines) is 1. The number of ether oxygens (including phenoxy) is 1. The lowest BCUT2D eigenvalue weighted by Gasteiger charge is -2.30. The SMILES string of the molecule is Cc1[nH]nc(CCC(=O)N2C[C@@H]3[C@H](CNC(=O)C4CCC4)[C@H]4CC[C@]3(C2)O4)c1C. The van der Waals surface area contributed by atoms with Crippen LogP contribution in [0.3, 0.4) is 0 Å². The number of nitrogens with zero attached hydrogens (tertiary/aromatic N) is 2. The van der Waals surface area contributed by atoms with Gasteiger partial charge in [-0.25, -0.2) is 0 Å². The molecule has 2 bridgehead atoms. The van der Waals surface area contributed by atoms with Gasteiger partial charge in [-0.1, -0.05) is 6.42 Å². The van der Waals surface area contributed by atoms with E-state index in [0.29, 0.717) is 37.8 Å². The molecule has 1 spiro atoms. The van der Waals surface area contributed by atoms with Crippen LogP contribution in [0.2, 0.25) is 0 Å². The fourth-order valence-corrected chi connectivity index (χ4v) is 5.85. The summed E-state index contributed by atoms with van der Waals surface area (Å²) in [6.45, 7) is 6.22. The summed E-state index contributed by atoms with van der Waals surface area (Å²) in [5, 5.41) is 10.5. The van der Waals surface area contributed by atoms with E-state index in [1.54, 1.807) is 0 Å². The predicted octanol–water partition coefficient (Wildman–Crippen LogP) is 1.88. The number of hydrogen-bond acceptors (Lipinski definition) is 4. The van der Waals surface area contributed by atoms with Gasteiger partial charge in [-0.05, 0) is 45.1 Å². The van der Waals surface area contributed by atoms with Gasteiger partial charge < -0.3 is 15.0 Å². The number of fused-ring (bicyclic) bond motifs is 1. The molecule has 3 aliphatic heterocycles. The zero-order chi connectivity index (χ0) is 20.2. The van der Waals surface area contributed by atoms with Gasteiger partial charge in [-0.15, -0.1) is 0 Å². The van der Waals surface area contributed by atoms with E-state index in [-0.39, 0.29) is 29.4 Å². The zero-order valence-corrected chi connectivity index (χ0v) is 17.5. The van der Waals surface area contributed by atoms with E-state index in [0.717, 1.165) is 49.2 Å². The summed E-state index contributed by atoms with van der Waals surface area (Å²) in [6.07, 6.45) is 6.72. The van der Waals surface area contributed by atoms with E-state index in [9.17, 15) is 9.59 Å². The van der Waals surface area contributed by atoms with Crippen LogP contribution in [0.15, 0.2) is 0 Å². The van der Waals surface area contributed by atoms with Crippen LogP contribution in [0, 0.1) is 31.6 Å². The summed E-state index contributed by atoms with van der Waals surface area (Å²) in [5.74, 6) is 1.31. The van der Waals surface area contributed by atoms with Crippen LogP contribution in [0.5, 0.6) is 0 Å². The Labute approximate surface area is 171 Å². The molecular weight excluding hydrogens is 368 g/mol. The Hall–Kier alpha value is -1.89. The molecule has 4 aliphatic rings. The van der Waals surface area contributed by atoms with Crippen molar-refractivity contribution >= 4 is 11.8 Å². The Morgan fingerprint density at radius 1 is 1.31 bits per heavy atom. The topological polar surface area (TPSA) is 87.3 Å². The second kappa shape index (κ2) is 7.11. The van der Waals surface area contributed by atoms with Gasteiger partial charge in [-0.3, -0.25) is 14.7 Å². The van der Waals surface area contributed by atoms with Gasteiger partial charge in [0.1, 0.15) is 0 Å². The van der Waals surface area contributed by atoms with Crippen molar-refractivity contribution in [2.75, 3.05) is 19.6 Å². The Balaban J connectivity index is 1.19. The Morgan fingerprint density at radius 3 is 2.83 bits per heavy atom. The molecule has 4 atom stereocenters. The largest absolute Gasteiger partial charge is 0.369 e. The van der Waals surface area contributed by atoms with Gasteiger partial charge in [0.05, 0.1) is 23.9 Å². The minimum Gasteiger partial charge on any atom is -0.369 e. The Kier molecular flexibility index (Phi) is 4.68. The number of H-pyrrole nitrogens is 1.